The topological polar surface area (TPSA) is 358 Å². The average Bonchev–Trinajstić information content (AvgIpc) is 2.89. The normalized spacial score (nSPS) is 20.0. The summed E-state index contributed by atoms with van der Waals surface area (Å²) in [4.78, 5) is 93.7. The lowest BCUT2D eigenvalue weighted by molar-refractivity contribution is 0.0987. The first-order chi connectivity index (χ1) is 24.5. The Morgan fingerprint density at radius 2 is 0.732 bits per heavy atom. The van der Waals surface area contributed by atoms with E-state index in [2.05, 4.69) is 33.4 Å². The largest absolute Gasteiger partial charge is 0.507 e. The maximum absolute atomic E-state index is 10.4. The molecule has 2 bridgehead atoms. The van der Waals surface area contributed by atoms with E-state index in [1.165, 1.54) is 64.8 Å². The van der Waals surface area contributed by atoms with Crippen LogP contribution in [0.5, 0.6) is 0 Å². The Hall–Kier alpha value is 0.900. The van der Waals surface area contributed by atoms with E-state index in [4.69, 9.17) is 109 Å². The number of hydrogen-bond acceptors (Lipinski definition) is 10. The third-order valence-electron chi connectivity index (χ3n) is 5.90. The molecule has 0 aliphatic carbocycles. The van der Waals surface area contributed by atoms with Crippen LogP contribution in [0.3, 0.4) is 0 Å². The molecule has 22 nitrogen and oxygen atoms in total. The van der Waals surface area contributed by atoms with Gasteiger partial charge in [-0.25, -0.2) is 27.4 Å². The van der Waals surface area contributed by atoms with Crippen LogP contribution in [0, 0.1) is 0 Å². The minimum atomic E-state index is -5.14. The highest BCUT2D eigenvalue weighted by Crippen LogP contribution is 2.37. The van der Waals surface area contributed by atoms with Gasteiger partial charge >= 0.3 is 47.4 Å². The van der Waals surface area contributed by atoms with Crippen molar-refractivity contribution in [1.29, 1.82) is 0 Å². The maximum Gasteiger partial charge on any atom is 0.507 e. The molecule has 2 saturated heterocycles. The summed E-state index contributed by atoms with van der Waals surface area (Å²) >= 11 is 13.7. The number of hydrogen-bond donors (Lipinski definition) is 12. The fraction of sp³-hybridized carbons (Fsp3) is 1.00. The van der Waals surface area contributed by atoms with E-state index >= 15 is 0 Å². The Bertz CT molecular complexity index is 1090. The molecular formula is C20H52Cl2F6N4O18P6. The first kappa shape index (κ1) is 66.0. The molecule has 2 heterocycles. The van der Waals surface area contributed by atoms with Crippen LogP contribution >= 0.6 is 70.6 Å². The van der Waals surface area contributed by atoms with Gasteiger partial charge in [0.15, 0.2) is 4.46 Å². The number of fused-ring (bicyclic) bond motifs is 3. The molecule has 0 aromatic rings. The first-order valence-corrected chi connectivity index (χ1v) is 25.1. The fourth-order valence-electron chi connectivity index (χ4n) is 3.98. The number of rotatable bonds is 6. The monoisotopic (exact) mass is 1010 g/mol. The van der Waals surface area contributed by atoms with Gasteiger partial charge in [0.2, 0.25) is 0 Å². The van der Waals surface area contributed by atoms with Crippen LogP contribution in [0.25, 0.3) is 0 Å². The maximum atomic E-state index is 10.4. The minimum Gasteiger partial charge on any atom is -0.302 e. The zero-order valence-corrected chi connectivity index (χ0v) is 36.7. The molecule has 2 unspecified atom stereocenters. The van der Waals surface area contributed by atoms with Crippen LogP contribution in [0.1, 0.15) is 52.4 Å². The number of unbranched alkanes of at least 4 members (excludes halogenated alkanes) is 2. The molecule has 36 heteroatoms. The van der Waals surface area contributed by atoms with E-state index in [0.717, 1.165) is 45.7 Å². The highest BCUT2D eigenvalue weighted by Gasteiger charge is 2.34. The second-order valence-electron chi connectivity index (χ2n) is 10.8. The van der Waals surface area contributed by atoms with Crippen LogP contribution in [0.15, 0.2) is 0 Å². The van der Waals surface area contributed by atoms with Crippen LogP contribution in [-0.4, -0.2) is 155 Å². The second kappa shape index (κ2) is 32.6. The predicted molar refractivity (Wildman–Crippen MR) is 193 cm³/mol. The summed E-state index contributed by atoms with van der Waals surface area (Å²) in [5, 5.41) is 0. The molecule has 56 heavy (non-hydrogen) atoms. The zero-order valence-electron chi connectivity index (χ0n) is 29.8. The van der Waals surface area contributed by atoms with Crippen molar-refractivity contribution in [1.82, 2.24) is 19.6 Å². The molecule has 346 valence electrons. The van der Waals surface area contributed by atoms with Crippen molar-refractivity contribution in [3.8, 4) is 0 Å². The van der Waals surface area contributed by atoms with Gasteiger partial charge in [-0.05, 0) is 45.4 Å². The van der Waals surface area contributed by atoms with E-state index in [1.54, 1.807) is 0 Å². The molecule has 0 aromatic carbocycles. The van der Waals surface area contributed by atoms with E-state index in [0.29, 0.717) is 0 Å². The molecule has 2 fully saturated rings. The average molecular weight is 1010 g/mol. The lowest BCUT2D eigenvalue weighted by atomic mass is 10.2. The Morgan fingerprint density at radius 3 is 1.05 bits per heavy atom. The summed E-state index contributed by atoms with van der Waals surface area (Å²) in [7, 11) is -30.8. The SMILES string of the molecule is CCCCN1CCCN2CCN(CCCC)CCC(Cl)(Cl)N(CC1)CC2.O=P(O)(O)F.O=P(O)(O)F.O=P(O)(O)F.O=P(O)(O)F.O=P(O)(O)F.O=P(O)(O)F. The molecular weight excluding hydrogens is 955 g/mol. The van der Waals surface area contributed by atoms with Gasteiger partial charge in [-0.15, -0.1) is 25.2 Å². The Morgan fingerprint density at radius 1 is 0.464 bits per heavy atom. The predicted octanol–water partition coefficient (Wildman–Crippen LogP) is 4.03. The van der Waals surface area contributed by atoms with Gasteiger partial charge in [-0.1, -0.05) is 49.9 Å². The number of nitrogens with zero attached hydrogens (tertiary/aromatic N) is 4. The van der Waals surface area contributed by atoms with Crippen molar-refractivity contribution in [2.75, 3.05) is 72.0 Å². The molecule has 2 aliphatic rings. The van der Waals surface area contributed by atoms with Crippen LogP contribution in [0.2, 0.25) is 0 Å². The van der Waals surface area contributed by atoms with E-state index < -0.39 is 51.9 Å². The van der Waals surface area contributed by atoms with Crippen molar-refractivity contribution < 1.29 is 111 Å². The fourth-order valence-corrected chi connectivity index (χ4v) is 4.49. The number of halogens is 8. The number of alkyl halides is 2. The van der Waals surface area contributed by atoms with Crippen LogP contribution in [0.4, 0.5) is 25.2 Å². The van der Waals surface area contributed by atoms with E-state index in [-0.39, 0.29) is 0 Å². The molecule has 2 rings (SSSR count). The van der Waals surface area contributed by atoms with E-state index in [9.17, 15) is 25.2 Å². The third-order valence-corrected chi connectivity index (χ3v) is 6.76. The van der Waals surface area contributed by atoms with Crippen LogP contribution < -0.4 is 0 Å². The summed E-state index contributed by atoms with van der Waals surface area (Å²) < 4.78 is 113. The van der Waals surface area contributed by atoms with Gasteiger partial charge in [-0.2, -0.15) is 0 Å². The molecule has 12 N–H and O–H groups in total. The summed E-state index contributed by atoms with van der Waals surface area (Å²) in [6, 6.07) is 0. The molecule has 2 atom stereocenters. The van der Waals surface area contributed by atoms with Gasteiger partial charge in [0.05, 0.1) is 0 Å². The van der Waals surface area contributed by atoms with Gasteiger partial charge in [0.1, 0.15) is 0 Å². The van der Waals surface area contributed by atoms with Crippen molar-refractivity contribution in [2.45, 2.75) is 56.8 Å². The minimum absolute atomic E-state index is 0.747. The standard InChI is InChI=1S/C20H40Cl2N4.6FH2O3P/c1-3-5-9-23-11-7-12-25-15-14-24(10-6-4-2)13-8-20(21,22)26(18-16-23)19-17-25;6*1-5(2,3)4/h3-19H2,1-2H3;6*(H2,2,3,4). The lowest BCUT2D eigenvalue weighted by Gasteiger charge is -2.41. The molecule has 0 spiro atoms. The highest BCUT2D eigenvalue weighted by molar-refractivity contribution is 7.46. The Labute approximate surface area is 329 Å². The summed E-state index contributed by atoms with van der Waals surface area (Å²) in [5.74, 6) is 0. The van der Waals surface area contributed by atoms with Crippen molar-refractivity contribution in [2.24, 2.45) is 0 Å². The summed E-state index contributed by atoms with van der Waals surface area (Å²) in [6.07, 6.45) is 7.14. The third kappa shape index (κ3) is 90.8. The Kier molecular flexibility index (Phi) is 38.4. The molecule has 0 saturated carbocycles. The molecule has 2 aliphatic heterocycles. The first-order valence-electron chi connectivity index (χ1n) is 15.4. The van der Waals surface area contributed by atoms with E-state index in [1.807, 2.05) is 0 Å². The molecule has 0 aromatic heterocycles. The van der Waals surface area contributed by atoms with Crippen molar-refractivity contribution in [3.05, 3.63) is 0 Å². The molecule has 0 radical (unpaired) electrons. The smallest absolute Gasteiger partial charge is 0.302 e. The van der Waals surface area contributed by atoms with Gasteiger partial charge in [0.25, 0.3) is 0 Å². The summed E-state index contributed by atoms with van der Waals surface area (Å²) in [6.45, 7) is 16.7. The Balaban J connectivity index is -0.000000233. The van der Waals surface area contributed by atoms with Gasteiger partial charge in [-0.3, -0.25) is 63.6 Å². The van der Waals surface area contributed by atoms with Crippen molar-refractivity contribution >= 4 is 70.6 Å². The second-order valence-corrected chi connectivity index (χ2v) is 17.9. The molecule has 0 amide bonds. The van der Waals surface area contributed by atoms with Gasteiger partial charge in [0, 0.05) is 52.2 Å². The zero-order chi connectivity index (χ0) is 45.8. The van der Waals surface area contributed by atoms with Crippen LogP contribution in [-0.2, 0) is 27.4 Å². The van der Waals surface area contributed by atoms with Crippen molar-refractivity contribution in [3.63, 3.8) is 0 Å². The quantitative estimate of drug-likeness (QED) is 0.0773. The lowest BCUT2D eigenvalue weighted by Crippen LogP contribution is -2.52. The highest BCUT2D eigenvalue weighted by atomic mass is 35.5. The summed E-state index contributed by atoms with van der Waals surface area (Å²) in [5.41, 5.74) is 0. The van der Waals surface area contributed by atoms with Gasteiger partial charge < -0.3 is 14.7 Å².